The van der Waals surface area contributed by atoms with Crippen molar-refractivity contribution in [2.45, 2.75) is 24.3 Å². The average Bonchev–Trinajstić information content (AvgIpc) is 2.37. The van der Waals surface area contributed by atoms with Crippen LogP contribution in [0.5, 0.6) is 0 Å². The topological polar surface area (TPSA) is 62.3 Å². The number of carbonyl (C=O) groups is 2. The molecular formula is C13H17N3O2S. The number of thioether (sulfide) groups is 1. The number of pyridine rings is 1. The molecule has 0 unspecified atom stereocenters. The number of anilines is 1. The summed E-state index contributed by atoms with van der Waals surface area (Å²) in [4.78, 5) is 29.5. The number of nitrogens with one attached hydrogen (secondary N) is 1. The van der Waals surface area contributed by atoms with E-state index in [0.29, 0.717) is 29.3 Å². The fraction of sp³-hybridized carbons (Fsp3) is 0.462. The summed E-state index contributed by atoms with van der Waals surface area (Å²) >= 11 is 1.84. The molecule has 2 heterocycles. The van der Waals surface area contributed by atoms with Crippen LogP contribution in [-0.2, 0) is 9.59 Å². The van der Waals surface area contributed by atoms with E-state index in [9.17, 15) is 9.59 Å². The van der Waals surface area contributed by atoms with E-state index < -0.39 is 11.8 Å². The first-order valence-electron chi connectivity index (χ1n) is 6.22. The minimum Gasteiger partial charge on any atom is -0.332 e. The minimum atomic E-state index is -0.598. The highest BCUT2D eigenvalue weighted by Gasteiger charge is 2.29. The van der Waals surface area contributed by atoms with Gasteiger partial charge in [0.05, 0.1) is 11.9 Å². The zero-order valence-electron chi connectivity index (χ0n) is 11.0. The zero-order chi connectivity index (χ0) is 13.8. The second-order valence-corrected chi connectivity index (χ2v) is 6.54. The van der Waals surface area contributed by atoms with Gasteiger partial charge in [0.1, 0.15) is 0 Å². The molecule has 1 aromatic heterocycles. The van der Waals surface area contributed by atoms with Crippen LogP contribution < -0.4 is 5.32 Å². The molecule has 1 aliphatic rings. The maximum absolute atomic E-state index is 12.1. The summed E-state index contributed by atoms with van der Waals surface area (Å²) in [6.45, 7) is 5.38. The summed E-state index contributed by atoms with van der Waals surface area (Å²) in [5.41, 5.74) is 0.535. The number of hydrogen-bond donors (Lipinski definition) is 1. The Hall–Kier alpha value is -1.56. The summed E-state index contributed by atoms with van der Waals surface area (Å²) in [6, 6.07) is 3.41. The van der Waals surface area contributed by atoms with E-state index >= 15 is 0 Å². The number of nitrogens with zero attached hydrogens (tertiary/aromatic N) is 2. The van der Waals surface area contributed by atoms with Crippen molar-refractivity contribution in [3.8, 4) is 0 Å². The van der Waals surface area contributed by atoms with Gasteiger partial charge in [0.15, 0.2) is 0 Å². The molecule has 1 N–H and O–H groups in total. The lowest BCUT2D eigenvalue weighted by Gasteiger charge is -2.34. The Kier molecular flexibility index (Phi) is 4.42. The number of aromatic nitrogens is 1. The van der Waals surface area contributed by atoms with Gasteiger partial charge in [0.2, 0.25) is 0 Å². The van der Waals surface area contributed by atoms with Gasteiger partial charge >= 0.3 is 11.8 Å². The zero-order valence-corrected chi connectivity index (χ0v) is 11.8. The van der Waals surface area contributed by atoms with E-state index in [1.54, 1.807) is 23.2 Å². The predicted octanol–water partition coefficient (Wildman–Crippen LogP) is 1.37. The summed E-state index contributed by atoms with van der Waals surface area (Å²) in [6.07, 6.45) is 3.13. The van der Waals surface area contributed by atoms with Crippen LogP contribution in [-0.4, -0.2) is 45.3 Å². The molecule has 6 heteroatoms. The van der Waals surface area contributed by atoms with Gasteiger partial charge in [0.25, 0.3) is 0 Å². The highest BCUT2D eigenvalue weighted by atomic mass is 32.2. The smallest absolute Gasteiger partial charge is 0.313 e. The van der Waals surface area contributed by atoms with Crippen molar-refractivity contribution in [3.05, 3.63) is 24.5 Å². The Balaban J connectivity index is 1.97. The van der Waals surface area contributed by atoms with Crippen LogP contribution in [0.4, 0.5) is 5.69 Å². The van der Waals surface area contributed by atoms with Crippen molar-refractivity contribution in [3.63, 3.8) is 0 Å². The lowest BCUT2D eigenvalue weighted by molar-refractivity contribution is -0.143. The predicted molar refractivity (Wildman–Crippen MR) is 76.0 cm³/mol. The van der Waals surface area contributed by atoms with Gasteiger partial charge in [-0.25, -0.2) is 0 Å². The first-order valence-corrected chi connectivity index (χ1v) is 7.16. The first kappa shape index (κ1) is 13.9. The third-order valence-corrected chi connectivity index (χ3v) is 4.05. The van der Waals surface area contributed by atoms with E-state index in [0.717, 1.165) is 0 Å². The van der Waals surface area contributed by atoms with Crippen LogP contribution in [0.3, 0.4) is 0 Å². The molecule has 0 aromatic carbocycles. The van der Waals surface area contributed by atoms with Crippen LogP contribution in [0.15, 0.2) is 24.5 Å². The number of hydrogen-bond acceptors (Lipinski definition) is 4. The van der Waals surface area contributed by atoms with Crippen molar-refractivity contribution in [1.29, 1.82) is 0 Å². The highest BCUT2D eigenvalue weighted by molar-refractivity contribution is 8.00. The monoisotopic (exact) mass is 279 g/mol. The second-order valence-electron chi connectivity index (χ2n) is 4.66. The van der Waals surface area contributed by atoms with E-state index in [2.05, 4.69) is 24.1 Å². The molecule has 0 bridgehead atoms. The highest BCUT2D eigenvalue weighted by Crippen LogP contribution is 2.24. The maximum atomic E-state index is 12.1. The maximum Gasteiger partial charge on any atom is 0.313 e. The molecule has 1 fully saturated rings. The number of rotatable bonds is 1. The number of amides is 2. The van der Waals surface area contributed by atoms with Gasteiger partial charge in [-0.05, 0) is 12.1 Å². The van der Waals surface area contributed by atoms with E-state index in [1.165, 1.54) is 6.20 Å². The van der Waals surface area contributed by atoms with Crippen molar-refractivity contribution in [2.75, 3.05) is 18.4 Å². The third kappa shape index (κ3) is 3.70. The molecule has 102 valence electrons. The normalized spacial score (nSPS) is 22.9. The van der Waals surface area contributed by atoms with Crippen molar-refractivity contribution >= 4 is 29.3 Å². The van der Waals surface area contributed by atoms with Gasteiger partial charge in [-0.3, -0.25) is 14.6 Å². The van der Waals surface area contributed by atoms with Crippen molar-refractivity contribution in [1.82, 2.24) is 9.88 Å². The van der Waals surface area contributed by atoms with E-state index in [-0.39, 0.29) is 0 Å². The quantitative estimate of drug-likeness (QED) is 0.789. The Morgan fingerprint density at radius 3 is 2.63 bits per heavy atom. The van der Waals surface area contributed by atoms with Crippen LogP contribution in [0.25, 0.3) is 0 Å². The van der Waals surface area contributed by atoms with Crippen molar-refractivity contribution < 1.29 is 9.59 Å². The van der Waals surface area contributed by atoms with Crippen LogP contribution in [0.2, 0.25) is 0 Å². The van der Waals surface area contributed by atoms with Gasteiger partial charge < -0.3 is 10.2 Å². The largest absolute Gasteiger partial charge is 0.332 e. The van der Waals surface area contributed by atoms with Crippen molar-refractivity contribution in [2.24, 2.45) is 0 Å². The molecule has 0 radical (unpaired) electrons. The Bertz CT molecular complexity index is 456. The Morgan fingerprint density at radius 1 is 1.37 bits per heavy atom. The van der Waals surface area contributed by atoms with Crippen LogP contribution in [0, 0.1) is 0 Å². The molecule has 1 aliphatic heterocycles. The summed E-state index contributed by atoms with van der Waals surface area (Å²) in [5, 5.41) is 3.29. The molecule has 2 rings (SSSR count). The fourth-order valence-electron chi connectivity index (χ4n) is 2.11. The Labute approximate surface area is 116 Å². The van der Waals surface area contributed by atoms with E-state index in [1.807, 2.05) is 11.8 Å². The summed E-state index contributed by atoms with van der Waals surface area (Å²) in [7, 11) is 0. The summed E-state index contributed by atoms with van der Waals surface area (Å²) in [5.74, 6) is -1.07. The van der Waals surface area contributed by atoms with Gasteiger partial charge in [0, 0.05) is 29.8 Å². The van der Waals surface area contributed by atoms with Gasteiger partial charge in [-0.2, -0.15) is 11.8 Å². The van der Waals surface area contributed by atoms with Crippen LogP contribution >= 0.6 is 11.8 Å². The second kappa shape index (κ2) is 6.06. The molecule has 1 saturated heterocycles. The molecule has 1 aromatic rings. The molecular weight excluding hydrogens is 262 g/mol. The molecule has 0 saturated carbocycles. The molecule has 0 aliphatic carbocycles. The van der Waals surface area contributed by atoms with Crippen LogP contribution in [0.1, 0.15) is 13.8 Å². The van der Waals surface area contributed by atoms with Gasteiger partial charge in [-0.15, -0.1) is 0 Å². The average molecular weight is 279 g/mol. The van der Waals surface area contributed by atoms with Gasteiger partial charge in [-0.1, -0.05) is 13.8 Å². The fourth-order valence-corrected chi connectivity index (χ4v) is 3.43. The lowest BCUT2D eigenvalue weighted by atomic mass is 10.3. The summed E-state index contributed by atoms with van der Waals surface area (Å²) < 4.78 is 0. The molecule has 2 amide bonds. The SMILES string of the molecule is C[C@@H]1CN(C(=O)C(=O)Nc2cccnc2)C[C@H](C)S1. The minimum absolute atomic E-state index is 0.360. The molecule has 5 nitrogen and oxygen atoms in total. The lowest BCUT2D eigenvalue weighted by Crippen LogP contribution is -2.48. The third-order valence-electron chi connectivity index (χ3n) is 2.82. The number of carbonyl (C=O) groups excluding carboxylic acids is 2. The first-order chi connectivity index (χ1) is 9.06. The molecule has 0 spiro atoms. The molecule has 2 atom stereocenters. The molecule has 19 heavy (non-hydrogen) atoms. The standard InChI is InChI=1S/C13H17N3O2S/c1-9-7-16(8-10(2)19-9)13(18)12(17)15-11-4-3-5-14-6-11/h3-6,9-10H,7-8H2,1-2H3,(H,15,17)/t9-,10+. The Morgan fingerprint density at radius 2 is 2.05 bits per heavy atom. The van der Waals surface area contributed by atoms with E-state index in [4.69, 9.17) is 0 Å².